The minimum atomic E-state index is -0.331. The van der Waals surface area contributed by atoms with E-state index in [-0.39, 0.29) is 18.4 Å². The van der Waals surface area contributed by atoms with Gasteiger partial charge in [0.25, 0.3) is 5.91 Å². The molecular weight excluding hydrogens is 360 g/mol. The third-order valence-corrected chi connectivity index (χ3v) is 3.80. The average molecular weight is 377 g/mol. The Bertz CT molecular complexity index is 732. The molecule has 0 aliphatic carbocycles. The van der Waals surface area contributed by atoms with Gasteiger partial charge in [-0.2, -0.15) is 0 Å². The van der Waals surface area contributed by atoms with Gasteiger partial charge in [-0.1, -0.05) is 12.1 Å². The molecule has 0 fully saturated rings. The van der Waals surface area contributed by atoms with Crippen LogP contribution in [0, 0.1) is 6.92 Å². The Morgan fingerprint density at radius 3 is 2.65 bits per heavy atom. The summed E-state index contributed by atoms with van der Waals surface area (Å²) in [5.74, 6) is -0.0430. The van der Waals surface area contributed by atoms with Crippen LogP contribution in [0.25, 0.3) is 0 Å². The molecule has 120 valence electrons. The van der Waals surface area contributed by atoms with Crippen LogP contribution in [0.5, 0.6) is 5.75 Å². The number of halogens is 1. The summed E-state index contributed by atoms with van der Waals surface area (Å²) in [6.45, 7) is 1.85. The summed E-state index contributed by atoms with van der Waals surface area (Å²) in [7, 11) is 1.53. The molecule has 0 saturated heterocycles. The molecule has 23 heavy (non-hydrogen) atoms. The maximum atomic E-state index is 12.0. The molecule has 2 N–H and O–H groups in total. The Balaban J connectivity index is 1.92. The SMILES string of the molecule is COc1cccc(C(=O)NCC(=O)Nc2ccc(C)cc2Br)c1. The number of carbonyl (C=O) groups is 2. The van der Waals surface area contributed by atoms with Crippen molar-refractivity contribution in [2.75, 3.05) is 19.0 Å². The zero-order valence-corrected chi connectivity index (χ0v) is 14.4. The molecule has 2 rings (SSSR count). The first-order chi connectivity index (χ1) is 11.0. The van der Waals surface area contributed by atoms with Gasteiger partial charge >= 0.3 is 0 Å². The van der Waals surface area contributed by atoms with Crippen LogP contribution in [-0.4, -0.2) is 25.5 Å². The van der Waals surface area contributed by atoms with Gasteiger partial charge in [0.2, 0.25) is 5.91 Å². The summed E-state index contributed by atoms with van der Waals surface area (Å²) in [5, 5.41) is 5.32. The Hall–Kier alpha value is -2.34. The number of anilines is 1. The first-order valence-electron chi connectivity index (χ1n) is 6.98. The van der Waals surface area contributed by atoms with Crippen LogP contribution in [0.15, 0.2) is 46.9 Å². The van der Waals surface area contributed by atoms with Gasteiger partial charge in [0, 0.05) is 10.0 Å². The second-order valence-corrected chi connectivity index (χ2v) is 5.80. The van der Waals surface area contributed by atoms with E-state index >= 15 is 0 Å². The number of nitrogens with one attached hydrogen (secondary N) is 2. The van der Waals surface area contributed by atoms with Crippen LogP contribution >= 0.6 is 15.9 Å². The largest absolute Gasteiger partial charge is 0.497 e. The molecule has 0 aliphatic rings. The van der Waals surface area contributed by atoms with Gasteiger partial charge in [0.1, 0.15) is 5.75 Å². The molecule has 0 radical (unpaired) electrons. The third-order valence-electron chi connectivity index (χ3n) is 3.14. The highest BCUT2D eigenvalue weighted by molar-refractivity contribution is 9.10. The lowest BCUT2D eigenvalue weighted by molar-refractivity contribution is -0.115. The molecular formula is C17H17BrN2O3. The van der Waals surface area contributed by atoms with E-state index < -0.39 is 0 Å². The zero-order chi connectivity index (χ0) is 16.8. The summed E-state index contributed by atoms with van der Waals surface area (Å²) in [5.41, 5.74) is 2.19. The number of methoxy groups -OCH3 is 1. The predicted molar refractivity (Wildman–Crippen MR) is 92.8 cm³/mol. The minimum Gasteiger partial charge on any atom is -0.497 e. The predicted octanol–water partition coefficient (Wildman–Crippen LogP) is 3.13. The summed E-state index contributed by atoms with van der Waals surface area (Å²) >= 11 is 3.39. The summed E-state index contributed by atoms with van der Waals surface area (Å²) < 4.78 is 5.86. The van der Waals surface area contributed by atoms with Crippen LogP contribution in [0.2, 0.25) is 0 Å². The smallest absolute Gasteiger partial charge is 0.251 e. The number of hydrogen-bond donors (Lipinski definition) is 2. The number of ether oxygens (including phenoxy) is 1. The number of amides is 2. The molecule has 6 heteroatoms. The van der Waals surface area contributed by atoms with Gasteiger partial charge < -0.3 is 15.4 Å². The van der Waals surface area contributed by atoms with Crippen LogP contribution in [0.4, 0.5) is 5.69 Å². The summed E-state index contributed by atoms with van der Waals surface area (Å²) in [6, 6.07) is 12.4. The van der Waals surface area contributed by atoms with E-state index in [1.54, 1.807) is 30.3 Å². The van der Waals surface area contributed by atoms with Gasteiger partial charge in [-0.15, -0.1) is 0 Å². The Morgan fingerprint density at radius 2 is 1.96 bits per heavy atom. The van der Waals surface area contributed by atoms with Gasteiger partial charge in [-0.3, -0.25) is 9.59 Å². The number of rotatable bonds is 5. The van der Waals surface area contributed by atoms with E-state index in [4.69, 9.17) is 4.74 Å². The van der Waals surface area contributed by atoms with E-state index in [9.17, 15) is 9.59 Å². The van der Waals surface area contributed by atoms with E-state index in [0.717, 1.165) is 10.0 Å². The lowest BCUT2D eigenvalue weighted by Crippen LogP contribution is -2.32. The van der Waals surface area contributed by atoms with Gasteiger partial charge in [-0.05, 0) is 58.7 Å². The molecule has 2 amide bonds. The fourth-order valence-corrected chi connectivity index (χ4v) is 2.54. The van der Waals surface area contributed by atoms with Crippen molar-refractivity contribution in [3.05, 3.63) is 58.1 Å². The van der Waals surface area contributed by atoms with Crippen LogP contribution in [0.3, 0.4) is 0 Å². The minimum absolute atomic E-state index is 0.115. The Labute approximate surface area is 143 Å². The second-order valence-electron chi connectivity index (χ2n) is 4.95. The van der Waals surface area contributed by atoms with Crippen LogP contribution < -0.4 is 15.4 Å². The second kappa shape index (κ2) is 7.78. The van der Waals surface area contributed by atoms with Crippen molar-refractivity contribution >= 4 is 33.4 Å². The standard InChI is InChI=1S/C17H17BrN2O3/c1-11-6-7-15(14(18)8-11)20-16(21)10-19-17(22)12-4-3-5-13(9-12)23-2/h3-9H,10H2,1-2H3,(H,19,22)(H,20,21). The summed E-state index contributed by atoms with van der Waals surface area (Å²) in [6.07, 6.45) is 0. The molecule has 0 aromatic heterocycles. The number of hydrogen-bond acceptors (Lipinski definition) is 3. The normalized spacial score (nSPS) is 10.0. The lowest BCUT2D eigenvalue weighted by atomic mass is 10.2. The van der Waals surface area contributed by atoms with E-state index in [0.29, 0.717) is 17.0 Å². The van der Waals surface area contributed by atoms with Gasteiger partial charge in [0.15, 0.2) is 0 Å². The van der Waals surface area contributed by atoms with Gasteiger partial charge in [0.05, 0.1) is 19.3 Å². The highest BCUT2D eigenvalue weighted by atomic mass is 79.9. The van der Waals surface area contributed by atoms with Gasteiger partial charge in [-0.25, -0.2) is 0 Å². The molecule has 0 aliphatic heterocycles. The average Bonchev–Trinajstić information content (AvgIpc) is 2.55. The van der Waals surface area contributed by atoms with Crippen LogP contribution in [-0.2, 0) is 4.79 Å². The molecule has 0 unspecified atom stereocenters. The monoisotopic (exact) mass is 376 g/mol. The number of benzene rings is 2. The zero-order valence-electron chi connectivity index (χ0n) is 12.9. The van der Waals surface area contributed by atoms with E-state index in [1.807, 2.05) is 19.1 Å². The molecule has 0 heterocycles. The van der Waals surface area contributed by atoms with Crippen molar-refractivity contribution < 1.29 is 14.3 Å². The molecule has 0 spiro atoms. The van der Waals surface area contributed by atoms with Crippen LogP contribution in [0.1, 0.15) is 15.9 Å². The molecule has 0 bridgehead atoms. The van der Waals surface area contributed by atoms with Crippen molar-refractivity contribution in [2.24, 2.45) is 0 Å². The maximum Gasteiger partial charge on any atom is 0.251 e. The molecule has 5 nitrogen and oxygen atoms in total. The fourth-order valence-electron chi connectivity index (χ4n) is 1.94. The fraction of sp³-hybridized carbons (Fsp3) is 0.176. The Morgan fingerprint density at radius 1 is 1.17 bits per heavy atom. The quantitative estimate of drug-likeness (QED) is 0.842. The highest BCUT2D eigenvalue weighted by Gasteiger charge is 2.10. The van der Waals surface area contributed by atoms with Crippen molar-refractivity contribution in [1.29, 1.82) is 0 Å². The van der Waals surface area contributed by atoms with E-state index in [2.05, 4.69) is 26.6 Å². The van der Waals surface area contributed by atoms with Crippen molar-refractivity contribution in [3.8, 4) is 5.75 Å². The van der Waals surface area contributed by atoms with Crippen molar-refractivity contribution in [2.45, 2.75) is 6.92 Å². The summed E-state index contributed by atoms with van der Waals surface area (Å²) in [4.78, 5) is 24.0. The van der Waals surface area contributed by atoms with Crippen molar-refractivity contribution in [1.82, 2.24) is 5.32 Å². The maximum absolute atomic E-state index is 12.0. The third kappa shape index (κ3) is 4.82. The first kappa shape index (κ1) is 17.0. The number of carbonyl (C=O) groups excluding carboxylic acids is 2. The lowest BCUT2D eigenvalue weighted by Gasteiger charge is -2.09. The van der Waals surface area contributed by atoms with Crippen molar-refractivity contribution in [3.63, 3.8) is 0 Å². The molecule has 2 aromatic rings. The first-order valence-corrected chi connectivity index (χ1v) is 7.77. The molecule has 2 aromatic carbocycles. The Kier molecular flexibility index (Phi) is 5.76. The molecule has 0 saturated carbocycles. The number of aryl methyl sites for hydroxylation is 1. The topological polar surface area (TPSA) is 67.4 Å². The molecule has 0 atom stereocenters. The highest BCUT2D eigenvalue weighted by Crippen LogP contribution is 2.23. The van der Waals surface area contributed by atoms with E-state index in [1.165, 1.54) is 7.11 Å².